The molecule has 1 atom stereocenters. The maximum Gasteiger partial charge on any atom is 0.261 e. The number of ether oxygens (including phenoxy) is 1. The van der Waals surface area contributed by atoms with Gasteiger partial charge in [0, 0.05) is 11.6 Å². The van der Waals surface area contributed by atoms with Gasteiger partial charge in [-0.15, -0.1) is 0 Å². The lowest BCUT2D eigenvalue weighted by molar-refractivity contribution is -0.134. The van der Waals surface area contributed by atoms with Gasteiger partial charge in [-0.1, -0.05) is 48.0 Å². The Balaban J connectivity index is 1.33. The lowest BCUT2D eigenvalue weighted by atomic mass is 10.1. The first-order chi connectivity index (χ1) is 15.2. The van der Waals surface area contributed by atoms with E-state index in [9.17, 15) is 4.79 Å². The summed E-state index contributed by atoms with van der Waals surface area (Å²) in [6, 6.07) is 23.0. The normalized spacial score (nSPS) is 16.0. The topological polar surface area (TPSA) is 55.6 Å². The molecule has 2 heterocycles. The highest BCUT2D eigenvalue weighted by Crippen LogP contribution is 2.34. The standard InChI is InChI=1S/C25H21ClN2O3/c26-19-9-11-20(12-10-19)30-16-24(29)28-14-4-7-22(28)25-27-21-15-18(8-13-23(21)31-25)17-5-2-1-3-6-17/h1-3,5-6,8-13,15,22H,4,7,14,16H2/t22-/m1/s1. The van der Waals surface area contributed by atoms with Crippen LogP contribution in [0.15, 0.2) is 77.2 Å². The molecule has 0 radical (unpaired) electrons. The van der Waals surface area contributed by atoms with Crippen molar-refractivity contribution in [2.75, 3.05) is 13.2 Å². The van der Waals surface area contributed by atoms with Gasteiger partial charge >= 0.3 is 0 Å². The molecule has 1 aliphatic heterocycles. The van der Waals surface area contributed by atoms with E-state index in [0.29, 0.717) is 23.2 Å². The van der Waals surface area contributed by atoms with Gasteiger partial charge in [-0.25, -0.2) is 4.98 Å². The molecule has 0 bridgehead atoms. The Morgan fingerprint density at radius 2 is 1.87 bits per heavy atom. The van der Waals surface area contributed by atoms with E-state index in [1.807, 2.05) is 36.4 Å². The number of nitrogens with zero attached hydrogens (tertiary/aromatic N) is 2. The van der Waals surface area contributed by atoms with Gasteiger partial charge in [-0.05, 0) is 60.4 Å². The number of hydrogen-bond donors (Lipinski definition) is 0. The van der Waals surface area contributed by atoms with Crippen LogP contribution in [-0.2, 0) is 4.79 Å². The maximum atomic E-state index is 12.8. The second kappa shape index (κ2) is 8.44. The molecule has 1 aliphatic rings. The van der Waals surface area contributed by atoms with Crippen molar-refractivity contribution in [3.8, 4) is 16.9 Å². The maximum absolute atomic E-state index is 12.8. The molecule has 1 saturated heterocycles. The molecule has 5 rings (SSSR count). The predicted octanol–water partition coefficient (Wildman–Crippen LogP) is 5.89. The first-order valence-electron chi connectivity index (χ1n) is 10.3. The van der Waals surface area contributed by atoms with E-state index >= 15 is 0 Å². The molecule has 4 aromatic rings. The third kappa shape index (κ3) is 4.14. The number of halogens is 1. The fourth-order valence-electron chi connectivity index (χ4n) is 3.98. The molecule has 3 aromatic carbocycles. The number of carbonyl (C=O) groups excluding carboxylic acids is 1. The quantitative estimate of drug-likeness (QED) is 0.394. The zero-order chi connectivity index (χ0) is 21.2. The number of fused-ring (bicyclic) bond motifs is 1. The van der Waals surface area contributed by atoms with Crippen LogP contribution >= 0.6 is 11.6 Å². The lowest BCUT2D eigenvalue weighted by Gasteiger charge is -2.22. The molecule has 0 N–H and O–H groups in total. The van der Waals surface area contributed by atoms with Gasteiger partial charge in [0.25, 0.3) is 5.91 Å². The van der Waals surface area contributed by atoms with Crippen molar-refractivity contribution in [1.82, 2.24) is 9.88 Å². The van der Waals surface area contributed by atoms with Crippen LogP contribution in [0.4, 0.5) is 0 Å². The zero-order valence-corrected chi connectivity index (χ0v) is 17.6. The van der Waals surface area contributed by atoms with E-state index in [1.54, 1.807) is 29.2 Å². The van der Waals surface area contributed by atoms with Crippen LogP contribution < -0.4 is 4.74 Å². The Bertz CT molecular complexity index is 1200. The van der Waals surface area contributed by atoms with Crippen molar-refractivity contribution in [3.63, 3.8) is 0 Å². The Morgan fingerprint density at radius 1 is 1.06 bits per heavy atom. The predicted molar refractivity (Wildman–Crippen MR) is 120 cm³/mol. The molecule has 1 aromatic heterocycles. The van der Waals surface area contributed by atoms with Crippen LogP contribution in [0.3, 0.4) is 0 Å². The number of benzene rings is 3. The highest BCUT2D eigenvalue weighted by molar-refractivity contribution is 6.30. The highest BCUT2D eigenvalue weighted by Gasteiger charge is 2.33. The van der Waals surface area contributed by atoms with Crippen LogP contribution in [0.2, 0.25) is 5.02 Å². The summed E-state index contributed by atoms with van der Waals surface area (Å²) >= 11 is 5.89. The average molecular weight is 433 g/mol. The minimum absolute atomic E-state index is 0.0312. The van der Waals surface area contributed by atoms with Crippen molar-refractivity contribution in [2.24, 2.45) is 0 Å². The van der Waals surface area contributed by atoms with Gasteiger partial charge in [0.05, 0.1) is 0 Å². The number of amides is 1. The van der Waals surface area contributed by atoms with Gasteiger partial charge in [0.2, 0.25) is 5.89 Å². The van der Waals surface area contributed by atoms with Crippen molar-refractivity contribution < 1.29 is 13.9 Å². The molecule has 0 unspecified atom stereocenters. The number of oxazole rings is 1. The van der Waals surface area contributed by atoms with Crippen LogP contribution in [0.25, 0.3) is 22.2 Å². The molecule has 0 saturated carbocycles. The summed E-state index contributed by atoms with van der Waals surface area (Å²) in [6.45, 7) is 0.637. The van der Waals surface area contributed by atoms with Gasteiger partial charge < -0.3 is 14.1 Å². The van der Waals surface area contributed by atoms with Gasteiger partial charge in [0.15, 0.2) is 12.2 Å². The second-order valence-corrected chi connectivity index (χ2v) is 8.02. The van der Waals surface area contributed by atoms with Gasteiger partial charge in [-0.3, -0.25) is 4.79 Å². The summed E-state index contributed by atoms with van der Waals surface area (Å²) in [4.78, 5) is 19.4. The molecule has 156 valence electrons. The number of aromatic nitrogens is 1. The molecule has 6 heteroatoms. The molecule has 31 heavy (non-hydrogen) atoms. The third-order valence-corrected chi connectivity index (χ3v) is 5.80. The van der Waals surface area contributed by atoms with Crippen molar-refractivity contribution in [3.05, 3.63) is 83.7 Å². The largest absolute Gasteiger partial charge is 0.484 e. The SMILES string of the molecule is O=C(COc1ccc(Cl)cc1)N1CCC[C@@H]1c1nc2cc(-c3ccccc3)ccc2o1. The Kier molecular flexibility index (Phi) is 5.35. The molecule has 1 fully saturated rings. The minimum Gasteiger partial charge on any atom is -0.484 e. The monoisotopic (exact) mass is 432 g/mol. The molecular formula is C25H21ClN2O3. The third-order valence-electron chi connectivity index (χ3n) is 5.55. The summed E-state index contributed by atoms with van der Waals surface area (Å²) in [7, 11) is 0. The average Bonchev–Trinajstić information content (AvgIpc) is 3.45. The first kappa shape index (κ1) is 19.6. The fourth-order valence-corrected chi connectivity index (χ4v) is 4.10. The minimum atomic E-state index is -0.172. The zero-order valence-electron chi connectivity index (χ0n) is 16.8. The highest BCUT2D eigenvalue weighted by atomic mass is 35.5. The van der Waals surface area contributed by atoms with Crippen LogP contribution in [0, 0.1) is 0 Å². The number of carbonyl (C=O) groups is 1. The summed E-state index contributed by atoms with van der Waals surface area (Å²) in [5, 5.41) is 0.629. The Morgan fingerprint density at radius 3 is 2.68 bits per heavy atom. The number of hydrogen-bond acceptors (Lipinski definition) is 4. The van der Waals surface area contributed by atoms with Crippen molar-refractivity contribution in [1.29, 1.82) is 0 Å². The number of rotatable bonds is 5. The molecule has 5 nitrogen and oxygen atoms in total. The summed E-state index contributed by atoms with van der Waals surface area (Å²) in [6.07, 6.45) is 1.73. The van der Waals surface area contributed by atoms with Crippen LogP contribution in [0.1, 0.15) is 24.8 Å². The van der Waals surface area contributed by atoms with E-state index in [1.165, 1.54) is 0 Å². The molecular weight excluding hydrogens is 412 g/mol. The Labute approximate surface area is 185 Å². The second-order valence-electron chi connectivity index (χ2n) is 7.59. The van der Waals surface area contributed by atoms with E-state index in [4.69, 9.17) is 25.7 Å². The lowest BCUT2D eigenvalue weighted by Crippen LogP contribution is -2.34. The Hall–Kier alpha value is -3.31. The molecule has 0 aliphatic carbocycles. The summed E-state index contributed by atoms with van der Waals surface area (Å²) in [5.41, 5.74) is 3.74. The summed E-state index contributed by atoms with van der Waals surface area (Å²) in [5.74, 6) is 1.12. The van der Waals surface area contributed by atoms with E-state index in [0.717, 1.165) is 35.1 Å². The molecule has 0 spiro atoms. The number of likely N-dealkylation sites (tertiary alicyclic amines) is 1. The van der Waals surface area contributed by atoms with Crippen molar-refractivity contribution >= 4 is 28.6 Å². The fraction of sp³-hybridized carbons (Fsp3) is 0.200. The molecule has 1 amide bonds. The van der Waals surface area contributed by atoms with E-state index < -0.39 is 0 Å². The smallest absolute Gasteiger partial charge is 0.261 e. The van der Waals surface area contributed by atoms with Gasteiger partial charge in [0.1, 0.15) is 17.3 Å². The van der Waals surface area contributed by atoms with E-state index in [2.05, 4.69) is 12.1 Å². The summed E-state index contributed by atoms with van der Waals surface area (Å²) < 4.78 is 11.7. The van der Waals surface area contributed by atoms with Gasteiger partial charge in [-0.2, -0.15) is 0 Å². The van der Waals surface area contributed by atoms with Crippen LogP contribution in [0.5, 0.6) is 5.75 Å². The van der Waals surface area contributed by atoms with Crippen molar-refractivity contribution in [2.45, 2.75) is 18.9 Å². The van der Waals surface area contributed by atoms with E-state index in [-0.39, 0.29) is 18.6 Å². The van der Waals surface area contributed by atoms with Crippen LogP contribution in [-0.4, -0.2) is 28.9 Å². The first-order valence-corrected chi connectivity index (χ1v) is 10.7.